The number of aromatic hydroxyl groups is 1. The minimum Gasteiger partial charge on any atom is -0.508 e. The van der Waals surface area contributed by atoms with E-state index in [9.17, 15) is 8.78 Å². The fourth-order valence-electron chi connectivity index (χ4n) is 0.719. The van der Waals surface area contributed by atoms with Gasteiger partial charge in [0.15, 0.2) is 0 Å². The molecule has 0 aliphatic carbocycles. The van der Waals surface area contributed by atoms with Crippen molar-refractivity contribution in [2.24, 2.45) is 0 Å². The van der Waals surface area contributed by atoms with Crippen LogP contribution in [0.4, 0.5) is 8.78 Å². The summed E-state index contributed by atoms with van der Waals surface area (Å²) in [5.41, 5.74) is 0. The van der Waals surface area contributed by atoms with Crippen LogP contribution in [-0.4, -0.2) is 11.7 Å². The van der Waals surface area contributed by atoms with Gasteiger partial charge in [0.25, 0.3) is 0 Å². The average Bonchev–Trinajstić information content (AvgIpc) is 1.81. The first-order chi connectivity index (χ1) is 5.58. The Hall–Kier alpha value is -1.03. The number of phenols is 1. The van der Waals surface area contributed by atoms with E-state index < -0.39 is 6.61 Å². The van der Waals surface area contributed by atoms with Crippen molar-refractivity contribution in [2.75, 3.05) is 0 Å². The van der Waals surface area contributed by atoms with Gasteiger partial charge in [-0.2, -0.15) is 8.78 Å². The lowest BCUT2D eigenvalue weighted by Crippen LogP contribution is -2.01. The summed E-state index contributed by atoms with van der Waals surface area (Å²) in [5, 5.41) is 9.04. The molecule has 0 fully saturated rings. The quantitative estimate of drug-likeness (QED) is 0.784. The summed E-state index contributed by atoms with van der Waals surface area (Å²) >= 11 is 5.45. The largest absolute Gasteiger partial charge is 0.508 e. The van der Waals surface area contributed by atoms with E-state index in [0.29, 0.717) is 0 Å². The lowest BCUT2D eigenvalue weighted by molar-refractivity contribution is -0.0499. The predicted molar refractivity (Wildman–Crippen MR) is 39.7 cm³/mol. The Kier molecular flexibility index (Phi) is 2.70. The van der Waals surface area contributed by atoms with Crippen LogP contribution in [0.3, 0.4) is 0 Å². The molecule has 0 atom stereocenters. The van der Waals surface area contributed by atoms with Gasteiger partial charge in [-0.3, -0.25) is 0 Å². The first-order valence-electron chi connectivity index (χ1n) is 3.02. The van der Waals surface area contributed by atoms with Crippen molar-refractivity contribution < 1.29 is 18.6 Å². The van der Waals surface area contributed by atoms with Crippen molar-refractivity contribution in [3.05, 3.63) is 23.2 Å². The van der Waals surface area contributed by atoms with E-state index in [1.165, 1.54) is 12.1 Å². The summed E-state index contributed by atoms with van der Waals surface area (Å²) in [4.78, 5) is 0. The van der Waals surface area contributed by atoms with Gasteiger partial charge in [-0.25, -0.2) is 0 Å². The van der Waals surface area contributed by atoms with E-state index in [2.05, 4.69) is 4.74 Å². The maximum atomic E-state index is 11.6. The Morgan fingerprint density at radius 1 is 1.33 bits per heavy atom. The molecule has 0 saturated carbocycles. The van der Waals surface area contributed by atoms with Crippen molar-refractivity contribution in [1.82, 2.24) is 0 Å². The molecule has 0 unspecified atom stereocenters. The van der Waals surface area contributed by atoms with E-state index in [1.807, 2.05) is 0 Å². The highest BCUT2D eigenvalue weighted by Crippen LogP contribution is 2.25. The van der Waals surface area contributed by atoms with Crippen molar-refractivity contribution in [3.8, 4) is 11.5 Å². The first-order valence-corrected chi connectivity index (χ1v) is 3.40. The van der Waals surface area contributed by atoms with Gasteiger partial charge in [0.2, 0.25) is 0 Å². The SMILES string of the molecule is Oc1cc(Cl)cc(OC(F)F)c1. The second-order valence-electron chi connectivity index (χ2n) is 2.02. The third-order valence-corrected chi connectivity index (χ3v) is 1.30. The molecule has 0 spiro atoms. The summed E-state index contributed by atoms with van der Waals surface area (Å²) < 4.78 is 27.3. The third-order valence-electron chi connectivity index (χ3n) is 1.08. The molecule has 2 nitrogen and oxygen atoms in total. The maximum Gasteiger partial charge on any atom is 0.387 e. The molecule has 0 heterocycles. The van der Waals surface area contributed by atoms with Crippen LogP contribution in [0.2, 0.25) is 5.02 Å². The summed E-state index contributed by atoms with van der Waals surface area (Å²) in [6, 6.07) is 3.46. The Morgan fingerprint density at radius 3 is 2.50 bits per heavy atom. The highest BCUT2D eigenvalue weighted by Gasteiger charge is 2.05. The van der Waals surface area contributed by atoms with Gasteiger partial charge < -0.3 is 9.84 Å². The van der Waals surface area contributed by atoms with E-state index in [1.54, 1.807) is 0 Å². The van der Waals surface area contributed by atoms with E-state index in [0.717, 1.165) is 6.07 Å². The number of alkyl halides is 2. The summed E-state index contributed by atoms with van der Waals surface area (Å²) in [5.74, 6) is -0.367. The molecule has 1 N–H and O–H groups in total. The molecule has 1 rings (SSSR count). The van der Waals surface area contributed by atoms with Crippen molar-refractivity contribution in [1.29, 1.82) is 0 Å². The second kappa shape index (κ2) is 3.58. The van der Waals surface area contributed by atoms with Crippen LogP contribution < -0.4 is 4.74 Å². The summed E-state index contributed by atoms with van der Waals surface area (Å²) in [6.45, 7) is -2.91. The zero-order chi connectivity index (χ0) is 9.14. The fourth-order valence-corrected chi connectivity index (χ4v) is 0.938. The van der Waals surface area contributed by atoms with Gasteiger partial charge in [0.05, 0.1) is 0 Å². The zero-order valence-corrected chi connectivity index (χ0v) is 6.55. The lowest BCUT2D eigenvalue weighted by atomic mass is 10.3. The topological polar surface area (TPSA) is 29.5 Å². The maximum absolute atomic E-state index is 11.6. The number of rotatable bonds is 2. The molecule has 0 bridgehead atoms. The minimum atomic E-state index is -2.91. The minimum absolute atomic E-state index is 0.144. The normalized spacial score (nSPS) is 10.3. The summed E-state index contributed by atoms with van der Waals surface area (Å²) in [7, 11) is 0. The fraction of sp³-hybridized carbons (Fsp3) is 0.143. The number of halogens is 3. The Morgan fingerprint density at radius 2 is 2.00 bits per heavy atom. The van der Waals surface area contributed by atoms with Gasteiger partial charge in [0.1, 0.15) is 11.5 Å². The molecule has 0 aliphatic rings. The zero-order valence-electron chi connectivity index (χ0n) is 5.80. The lowest BCUT2D eigenvalue weighted by Gasteiger charge is -2.04. The van der Waals surface area contributed by atoms with Crippen LogP contribution in [0, 0.1) is 0 Å². The number of phenolic OH excluding ortho intramolecular Hbond substituents is 1. The van der Waals surface area contributed by atoms with Crippen LogP contribution in [0.5, 0.6) is 11.5 Å². The monoisotopic (exact) mass is 194 g/mol. The standard InChI is InChI=1S/C7H5ClF2O2/c8-4-1-5(11)3-6(2-4)12-7(9)10/h1-3,7,11H. The Balaban J connectivity index is 2.85. The van der Waals surface area contributed by atoms with E-state index in [4.69, 9.17) is 16.7 Å². The molecular weight excluding hydrogens is 190 g/mol. The molecule has 66 valence electrons. The van der Waals surface area contributed by atoms with Crippen LogP contribution in [0.25, 0.3) is 0 Å². The molecule has 5 heteroatoms. The highest BCUT2D eigenvalue weighted by molar-refractivity contribution is 6.30. The van der Waals surface area contributed by atoms with Crippen LogP contribution in [0.15, 0.2) is 18.2 Å². The third kappa shape index (κ3) is 2.54. The Bertz CT molecular complexity index is 258. The van der Waals surface area contributed by atoms with Gasteiger partial charge in [0, 0.05) is 11.1 Å². The number of ether oxygens (including phenoxy) is 1. The molecule has 0 saturated heterocycles. The van der Waals surface area contributed by atoms with Crippen molar-refractivity contribution >= 4 is 11.6 Å². The molecule has 0 aromatic heterocycles. The molecule has 1 aromatic rings. The number of hydrogen-bond donors (Lipinski definition) is 1. The van der Waals surface area contributed by atoms with E-state index in [-0.39, 0.29) is 16.5 Å². The van der Waals surface area contributed by atoms with E-state index >= 15 is 0 Å². The van der Waals surface area contributed by atoms with Gasteiger partial charge in [-0.05, 0) is 12.1 Å². The molecule has 1 aromatic carbocycles. The second-order valence-corrected chi connectivity index (χ2v) is 2.46. The van der Waals surface area contributed by atoms with Crippen molar-refractivity contribution in [2.45, 2.75) is 6.61 Å². The van der Waals surface area contributed by atoms with Gasteiger partial charge >= 0.3 is 6.61 Å². The van der Waals surface area contributed by atoms with Gasteiger partial charge in [-0.1, -0.05) is 11.6 Å². The average molecular weight is 195 g/mol. The van der Waals surface area contributed by atoms with Crippen LogP contribution in [0.1, 0.15) is 0 Å². The molecular formula is C7H5ClF2O2. The molecule has 0 radical (unpaired) electrons. The number of hydrogen-bond acceptors (Lipinski definition) is 2. The predicted octanol–water partition coefficient (Wildman–Crippen LogP) is 2.65. The van der Waals surface area contributed by atoms with Gasteiger partial charge in [-0.15, -0.1) is 0 Å². The smallest absolute Gasteiger partial charge is 0.387 e. The van der Waals surface area contributed by atoms with Crippen molar-refractivity contribution in [3.63, 3.8) is 0 Å². The molecule has 0 amide bonds. The van der Waals surface area contributed by atoms with Crippen LogP contribution in [-0.2, 0) is 0 Å². The Labute approximate surface area is 72.3 Å². The van der Waals surface area contributed by atoms with Crippen LogP contribution >= 0.6 is 11.6 Å². The molecule has 0 aliphatic heterocycles. The molecule has 12 heavy (non-hydrogen) atoms. The first kappa shape index (κ1) is 9.06. The summed E-state index contributed by atoms with van der Waals surface area (Å²) in [6.07, 6.45) is 0. The number of benzene rings is 1. The highest BCUT2D eigenvalue weighted by atomic mass is 35.5.